The van der Waals surface area contributed by atoms with Crippen molar-refractivity contribution in [3.63, 3.8) is 0 Å². The Morgan fingerprint density at radius 1 is 1.03 bits per heavy atom. The third-order valence-corrected chi connectivity index (χ3v) is 4.77. The summed E-state index contributed by atoms with van der Waals surface area (Å²) < 4.78 is 0. The van der Waals surface area contributed by atoms with Crippen LogP contribution in [0.1, 0.15) is 26.4 Å². The molecule has 1 aromatic carbocycles. The summed E-state index contributed by atoms with van der Waals surface area (Å²) in [6.45, 7) is 0. The van der Waals surface area contributed by atoms with E-state index < -0.39 is 5.91 Å². The summed E-state index contributed by atoms with van der Waals surface area (Å²) in [6, 6.07) is 12.5. The van der Waals surface area contributed by atoms with Gasteiger partial charge in [0, 0.05) is 54.9 Å². The second kappa shape index (κ2) is 7.20. The number of benzene rings is 1. The number of carbonyl (C=O) groups is 2. The Balaban J connectivity index is 1.85. The smallest absolute Gasteiger partial charge is 0.249 e. The van der Waals surface area contributed by atoms with E-state index in [-0.39, 0.29) is 5.78 Å². The maximum absolute atomic E-state index is 12.9. The first-order valence-corrected chi connectivity index (χ1v) is 9.00. The molecule has 3 aromatic heterocycles. The van der Waals surface area contributed by atoms with Crippen LogP contribution in [-0.2, 0) is 0 Å². The number of hydrogen-bond donors (Lipinski definition) is 2. The van der Waals surface area contributed by atoms with Crippen LogP contribution in [0, 0.1) is 0 Å². The highest BCUT2D eigenvalue weighted by molar-refractivity contribution is 6.15. The molecule has 0 aliphatic carbocycles. The van der Waals surface area contributed by atoms with Gasteiger partial charge in [0.05, 0.1) is 5.56 Å². The number of rotatable bonds is 5. The van der Waals surface area contributed by atoms with Crippen molar-refractivity contribution in [2.24, 2.45) is 5.73 Å². The summed E-state index contributed by atoms with van der Waals surface area (Å²) in [5.74, 6) is -0.725. The average molecular weight is 385 g/mol. The van der Waals surface area contributed by atoms with E-state index in [4.69, 9.17) is 5.73 Å². The van der Waals surface area contributed by atoms with E-state index in [1.54, 1.807) is 42.9 Å². The molecule has 0 atom stereocenters. The van der Waals surface area contributed by atoms with Gasteiger partial charge in [0.25, 0.3) is 0 Å². The fourth-order valence-electron chi connectivity index (χ4n) is 3.24. The second-order valence-electron chi connectivity index (χ2n) is 6.86. The Bertz CT molecular complexity index is 1230. The monoisotopic (exact) mass is 385 g/mol. The van der Waals surface area contributed by atoms with Gasteiger partial charge in [-0.2, -0.15) is 0 Å². The van der Waals surface area contributed by atoms with Gasteiger partial charge in [-0.1, -0.05) is 12.1 Å². The van der Waals surface area contributed by atoms with E-state index in [0.717, 1.165) is 5.69 Å². The average Bonchev–Trinajstić information content (AvgIpc) is 3.16. The summed E-state index contributed by atoms with van der Waals surface area (Å²) >= 11 is 0. The number of nitrogens with two attached hydrogens (primary N) is 1. The van der Waals surface area contributed by atoms with E-state index >= 15 is 0 Å². The van der Waals surface area contributed by atoms with Gasteiger partial charge in [-0.25, -0.2) is 4.98 Å². The van der Waals surface area contributed by atoms with Gasteiger partial charge in [-0.05, 0) is 35.9 Å². The number of H-pyrrole nitrogens is 1. The molecule has 3 N–H and O–H groups in total. The van der Waals surface area contributed by atoms with Crippen LogP contribution in [0.5, 0.6) is 0 Å². The van der Waals surface area contributed by atoms with Crippen molar-refractivity contribution in [2.75, 3.05) is 19.0 Å². The van der Waals surface area contributed by atoms with E-state index in [9.17, 15) is 9.59 Å². The van der Waals surface area contributed by atoms with Crippen molar-refractivity contribution in [3.05, 3.63) is 77.9 Å². The lowest BCUT2D eigenvalue weighted by molar-refractivity contribution is 0.0999. The first-order valence-electron chi connectivity index (χ1n) is 9.00. The maximum atomic E-state index is 12.9. The minimum atomic E-state index is -0.525. The zero-order valence-electron chi connectivity index (χ0n) is 16.0. The minimum Gasteiger partial charge on any atom is -0.378 e. The maximum Gasteiger partial charge on any atom is 0.249 e. The molecule has 0 spiro atoms. The predicted octanol–water partition coefficient (Wildman–Crippen LogP) is 3.02. The molecule has 0 radical (unpaired) electrons. The molecule has 4 aromatic rings. The number of nitrogens with zero attached hydrogens (tertiary/aromatic N) is 3. The molecule has 7 nitrogen and oxygen atoms in total. The third kappa shape index (κ3) is 3.34. The first-order chi connectivity index (χ1) is 14.0. The van der Waals surface area contributed by atoms with Gasteiger partial charge in [-0.3, -0.25) is 14.6 Å². The van der Waals surface area contributed by atoms with Crippen LogP contribution in [0.25, 0.3) is 22.2 Å². The largest absolute Gasteiger partial charge is 0.378 e. The number of primary amides is 1. The molecule has 0 saturated carbocycles. The van der Waals surface area contributed by atoms with Crippen LogP contribution in [0.4, 0.5) is 5.69 Å². The van der Waals surface area contributed by atoms with E-state index in [1.165, 1.54) is 0 Å². The van der Waals surface area contributed by atoms with Gasteiger partial charge in [0.1, 0.15) is 11.3 Å². The quantitative estimate of drug-likeness (QED) is 0.514. The number of anilines is 1. The Hall–Kier alpha value is -4.00. The number of aromatic nitrogens is 3. The molecule has 0 aliphatic rings. The van der Waals surface area contributed by atoms with Gasteiger partial charge in [0.15, 0.2) is 0 Å². The van der Waals surface area contributed by atoms with Crippen molar-refractivity contribution in [1.82, 2.24) is 15.0 Å². The third-order valence-electron chi connectivity index (χ3n) is 4.77. The number of fused-ring (bicyclic) bond motifs is 1. The second-order valence-corrected chi connectivity index (χ2v) is 6.86. The lowest BCUT2D eigenvalue weighted by atomic mass is 9.98. The van der Waals surface area contributed by atoms with Crippen molar-refractivity contribution in [2.45, 2.75) is 0 Å². The number of ketones is 1. The van der Waals surface area contributed by atoms with E-state index in [2.05, 4.69) is 15.0 Å². The molecule has 1 amide bonds. The molecule has 3 heterocycles. The fourth-order valence-corrected chi connectivity index (χ4v) is 3.24. The van der Waals surface area contributed by atoms with E-state index in [0.29, 0.717) is 39.0 Å². The predicted molar refractivity (Wildman–Crippen MR) is 112 cm³/mol. The molecule has 0 fully saturated rings. The van der Waals surface area contributed by atoms with Crippen LogP contribution in [0.3, 0.4) is 0 Å². The molecule has 29 heavy (non-hydrogen) atoms. The first kappa shape index (κ1) is 18.4. The SMILES string of the molecule is CN(C)c1ccc(-c2cnc3[nH]cc(C(=O)c4ccccn4)c3c2)c(C(N)=O)c1. The number of pyridine rings is 2. The number of nitrogens with one attached hydrogen (secondary N) is 1. The van der Waals surface area contributed by atoms with E-state index in [1.807, 2.05) is 37.2 Å². The van der Waals surface area contributed by atoms with Crippen LogP contribution >= 0.6 is 0 Å². The molecule has 144 valence electrons. The summed E-state index contributed by atoms with van der Waals surface area (Å²) in [5.41, 5.74) is 9.65. The van der Waals surface area contributed by atoms with Crippen molar-refractivity contribution < 1.29 is 9.59 Å². The molecule has 0 saturated heterocycles. The summed E-state index contributed by atoms with van der Waals surface area (Å²) in [5, 5.41) is 0.658. The lowest BCUT2D eigenvalue weighted by Gasteiger charge is -2.15. The van der Waals surface area contributed by atoms with Gasteiger partial charge >= 0.3 is 0 Å². The highest BCUT2D eigenvalue weighted by Crippen LogP contribution is 2.30. The minimum absolute atomic E-state index is 0.200. The molecule has 0 unspecified atom stereocenters. The Kier molecular flexibility index (Phi) is 4.56. The summed E-state index contributed by atoms with van der Waals surface area (Å²) in [6.07, 6.45) is 4.87. The zero-order valence-corrected chi connectivity index (χ0v) is 16.0. The van der Waals surface area contributed by atoms with Crippen LogP contribution in [0.15, 0.2) is 61.1 Å². The van der Waals surface area contributed by atoms with Gasteiger partial charge in [0.2, 0.25) is 11.7 Å². The van der Waals surface area contributed by atoms with Crippen molar-refractivity contribution in [3.8, 4) is 11.1 Å². The number of amides is 1. The van der Waals surface area contributed by atoms with Crippen molar-refractivity contribution in [1.29, 1.82) is 0 Å². The van der Waals surface area contributed by atoms with Gasteiger partial charge < -0.3 is 15.6 Å². The number of carbonyl (C=O) groups excluding carboxylic acids is 2. The lowest BCUT2D eigenvalue weighted by Crippen LogP contribution is -2.15. The standard InChI is InChI=1S/C22H19N5O2/c1-27(2)14-6-7-15(16(10-14)21(23)29)13-9-17-18(12-26-22(17)25-11-13)20(28)19-5-3-4-8-24-19/h3-12H,1-2H3,(H2,23,29)(H,25,26). The molecular formula is C22H19N5O2. The summed E-state index contributed by atoms with van der Waals surface area (Å²) in [4.78, 5) is 38.4. The molecule has 4 rings (SSSR count). The zero-order chi connectivity index (χ0) is 20.5. The van der Waals surface area contributed by atoms with Crippen LogP contribution < -0.4 is 10.6 Å². The fraction of sp³-hybridized carbons (Fsp3) is 0.0909. The Morgan fingerprint density at radius 2 is 1.86 bits per heavy atom. The number of aromatic amines is 1. The molecular weight excluding hydrogens is 366 g/mol. The van der Waals surface area contributed by atoms with Gasteiger partial charge in [-0.15, -0.1) is 0 Å². The highest BCUT2D eigenvalue weighted by atomic mass is 16.1. The molecule has 7 heteroatoms. The Morgan fingerprint density at radius 3 is 2.55 bits per heavy atom. The number of hydrogen-bond acceptors (Lipinski definition) is 5. The summed E-state index contributed by atoms with van der Waals surface area (Å²) in [7, 11) is 3.78. The molecule has 0 bridgehead atoms. The normalized spacial score (nSPS) is 10.8. The van der Waals surface area contributed by atoms with Crippen LogP contribution in [-0.4, -0.2) is 40.7 Å². The topological polar surface area (TPSA) is 105 Å². The Labute approximate surface area is 167 Å². The molecule has 0 aliphatic heterocycles. The van der Waals surface area contributed by atoms with Crippen molar-refractivity contribution >= 4 is 28.4 Å². The van der Waals surface area contributed by atoms with Crippen LogP contribution in [0.2, 0.25) is 0 Å². The highest BCUT2D eigenvalue weighted by Gasteiger charge is 2.18.